The number of ether oxygens (including phenoxy) is 1. The zero-order valence-electron chi connectivity index (χ0n) is 9.89. The molecule has 3 nitrogen and oxygen atoms in total. The zero-order chi connectivity index (χ0) is 13.4. The minimum atomic E-state index is -0.748. The van der Waals surface area contributed by atoms with Crippen LogP contribution < -0.4 is 4.74 Å². The van der Waals surface area contributed by atoms with Gasteiger partial charge in [-0.05, 0) is 23.8 Å². The van der Waals surface area contributed by atoms with E-state index in [9.17, 15) is 4.79 Å². The van der Waals surface area contributed by atoms with Crippen molar-refractivity contribution in [3.8, 4) is 16.9 Å². The molecule has 0 fully saturated rings. The Morgan fingerprint density at radius 3 is 2.79 bits per heavy atom. The van der Waals surface area contributed by atoms with Crippen molar-refractivity contribution < 1.29 is 9.53 Å². The van der Waals surface area contributed by atoms with Crippen LogP contribution in [0.15, 0.2) is 42.5 Å². The normalized spacial score (nSPS) is 15.9. The molecule has 1 atom stereocenters. The summed E-state index contributed by atoms with van der Waals surface area (Å²) in [6, 6.07) is 12.8. The number of ketones is 1. The number of Topliss-reactive ketones (excluding diaryl/α,β-unsaturated/α-hetero) is 1. The van der Waals surface area contributed by atoms with Crippen LogP contribution in [0, 0.1) is 5.41 Å². The second kappa shape index (κ2) is 4.52. The van der Waals surface area contributed by atoms with Crippen molar-refractivity contribution in [3.05, 3.63) is 53.1 Å². The molecule has 3 rings (SSSR count). The average molecular weight is 272 g/mol. The highest BCUT2D eigenvalue weighted by atomic mass is 35.5. The van der Waals surface area contributed by atoms with Gasteiger partial charge in [-0.3, -0.25) is 4.79 Å². The maximum Gasteiger partial charge on any atom is 0.218 e. The summed E-state index contributed by atoms with van der Waals surface area (Å²) in [5.74, 6) is 0.247. The molecule has 0 aliphatic carbocycles. The molecule has 19 heavy (non-hydrogen) atoms. The first-order valence-electron chi connectivity index (χ1n) is 5.80. The SMILES string of the molecule is N=CC(=O)C1Oc2ccc(Cl)cc2-c2ccccc21. The third-order valence-corrected chi connectivity index (χ3v) is 3.36. The molecule has 0 bridgehead atoms. The number of halogens is 1. The first-order valence-corrected chi connectivity index (χ1v) is 6.18. The van der Waals surface area contributed by atoms with Crippen LogP contribution in [0.3, 0.4) is 0 Å². The Labute approximate surface area is 115 Å². The van der Waals surface area contributed by atoms with Crippen LogP contribution in [0.1, 0.15) is 11.7 Å². The Balaban J connectivity index is 2.23. The van der Waals surface area contributed by atoms with Gasteiger partial charge in [-0.2, -0.15) is 0 Å². The lowest BCUT2D eigenvalue weighted by atomic mass is 9.91. The highest BCUT2D eigenvalue weighted by molar-refractivity contribution is 6.31. The lowest BCUT2D eigenvalue weighted by Gasteiger charge is -2.27. The van der Waals surface area contributed by atoms with Crippen molar-refractivity contribution >= 4 is 23.6 Å². The molecule has 1 heterocycles. The number of carbonyl (C=O) groups is 1. The van der Waals surface area contributed by atoms with Crippen LogP contribution in [0.4, 0.5) is 0 Å². The maximum absolute atomic E-state index is 11.8. The van der Waals surface area contributed by atoms with Crippen LogP contribution in [-0.2, 0) is 4.79 Å². The second-order valence-electron chi connectivity index (χ2n) is 4.27. The fourth-order valence-corrected chi connectivity index (χ4v) is 2.44. The minimum Gasteiger partial charge on any atom is -0.477 e. The van der Waals surface area contributed by atoms with Crippen molar-refractivity contribution in [2.75, 3.05) is 0 Å². The van der Waals surface area contributed by atoms with Gasteiger partial charge in [0.15, 0.2) is 6.10 Å². The molecule has 0 radical (unpaired) electrons. The topological polar surface area (TPSA) is 50.2 Å². The number of fused-ring (bicyclic) bond motifs is 3. The molecule has 0 aromatic heterocycles. The smallest absolute Gasteiger partial charge is 0.218 e. The van der Waals surface area contributed by atoms with Crippen molar-refractivity contribution in [2.45, 2.75) is 6.10 Å². The molecule has 1 aliphatic rings. The lowest BCUT2D eigenvalue weighted by molar-refractivity contribution is -0.119. The average Bonchev–Trinajstić information content (AvgIpc) is 2.46. The van der Waals surface area contributed by atoms with Gasteiger partial charge >= 0.3 is 0 Å². The molecule has 1 aliphatic heterocycles. The monoisotopic (exact) mass is 271 g/mol. The molecule has 2 aromatic carbocycles. The number of hydrogen-bond donors (Lipinski definition) is 1. The summed E-state index contributed by atoms with van der Waals surface area (Å²) in [7, 11) is 0. The molecular weight excluding hydrogens is 262 g/mol. The van der Waals surface area contributed by atoms with Gasteiger partial charge < -0.3 is 10.1 Å². The molecule has 0 spiro atoms. The number of hydrogen-bond acceptors (Lipinski definition) is 3. The summed E-state index contributed by atoms with van der Waals surface area (Å²) >= 11 is 6.01. The molecule has 2 aromatic rings. The lowest BCUT2D eigenvalue weighted by Crippen LogP contribution is -2.23. The van der Waals surface area contributed by atoms with Crippen molar-refractivity contribution in [3.63, 3.8) is 0 Å². The Bertz CT molecular complexity index is 682. The van der Waals surface area contributed by atoms with E-state index < -0.39 is 6.10 Å². The van der Waals surface area contributed by atoms with Crippen LogP contribution >= 0.6 is 11.6 Å². The van der Waals surface area contributed by atoms with E-state index in [1.165, 1.54) is 0 Å². The van der Waals surface area contributed by atoms with Gasteiger partial charge in [0.05, 0.1) is 6.21 Å². The van der Waals surface area contributed by atoms with Gasteiger partial charge in [0, 0.05) is 16.1 Å². The largest absolute Gasteiger partial charge is 0.477 e. The Kier molecular flexibility index (Phi) is 2.84. The summed E-state index contributed by atoms with van der Waals surface area (Å²) in [4.78, 5) is 11.8. The molecule has 0 saturated heterocycles. The van der Waals surface area contributed by atoms with Crippen LogP contribution in [-0.4, -0.2) is 12.0 Å². The quantitative estimate of drug-likeness (QED) is 0.848. The van der Waals surface area contributed by atoms with Gasteiger partial charge in [-0.15, -0.1) is 0 Å². The van der Waals surface area contributed by atoms with Gasteiger partial charge in [0.1, 0.15) is 5.75 Å². The maximum atomic E-state index is 11.8. The second-order valence-corrected chi connectivity index (χ2v) is 4.71. The van der Waals surface area contributed by atoms with Gasteiger partial charge in [-0.1, -0.05) is 35.9 Å². The predicted molar refractivity (Wildman–Crippen MR) is 74.0 cm³/mol. The van der Waals surface area contributed by atoms with E-state index in [1.807, 2.05) is 30.3 Å². The predicted octanol–water partition coefficient (Wildman–Crippen LogP) is 3.66. The van der Waals surface area contributed by atoms with E-state index in [1.54, 1.807) is 12.1 Å². The summed E-state index contributed by atoms with van der Waals surface area (Å²) < 4.78 is 5.71. The van der Waals surface area contributed by atoms with E-state index in [0.29, 0.717) is 10.8 Å². The summed E-state index contributed by atoms with van der Waals surface area (Å²) in [5.41, 5.74) is 2.56. The molecule has 0 amide bonds. The van der Waals surface area contributed by atoms with E-state index in [4.69, 9.17) is 21.7 Å². The Morgan fingerprint density at radius 2 is 2.00 bits per heavy atom. The molecule has 4 heteroatoms. The summed E-state index contributed by atoms with van der Waals surface area (Å²) in [6.45, 7) is 0. The van der Waals surface area contributed by atoms with E-state index >= 15 is 0 Å². The third kappa shape index (κ3) is 1.92. The summed E-state index contributed by atoms with van der Waals surface area (Å²) in [5, 5.41) is 7.75. The van der Waals surface area contributed by atoms with Crippen molar-refractivity contribution in [1.29, 1.82) is 5.41 Å². The van der Waals surface area contributed by atoms with Crippen LogP contribution in [0.5, 0.6) is 5.75 Å². The van der Waals surface area contributed by atoms with Gasteiger partial charge in [-0.25, -0.2) is 0 Å². The zero-order valence-corrected chi connectivity index (χ0v) is 10.6. The highest BCUT2D eigenvalue weighted by Crippen LogP contribution is 2.43. The molecule has 0 saturated carbocycles. The highest BCUT2D eigenvalue weighted by Gasteiger charge is 2.29. The Hall–Kier alpha value is -2.13. The van der Waals surface area contributed by atoms with Crippen molar-refractivity contribution in [1.82, 2.24) is 0 Å². The first-order chi connectivity index (χ1) is 9.20. The minimum absolute atomic E-state index is 0.368. The van der Waals surface area contributed by atoms with Crippen molar-refractivity contribution in [2.24, 2.45) is 0 Å². The molecular formula is C15H10ClNO2. The number of benzene rings is 2. The van der Waals surface area contributed by atoms with Gasteiger partial charge in [0.25, 0.3) is 0 Å². The summed E-state index contributed by atoms with van der Waals surface area (Å²) in [6.07, 6.45) is 0.0462. The van der Waals surface area contributed by atoms with Gasteiger partial charge in [0.2, 0.25) is 5.78 Å². The number of carbonyl (C=O) groups excluding carboxylic acids is 1. The van der Waals surface area contributed by atoms with E-state index in [0.717, 1.165) is 22.9 Å². The Morgan fingerprint density at radius 1 is 1.21 bits per heavy atom. The van der Waals surface area contributed by atoms with E-state index in [-0.39, 0.29) is 5.78 Å². The fraction of sp³-hybridized carbons (Fsp3) is 0.0667. The third-order valence-electron chi connectivity index (χ3n) is 3.12. The first kappa shape index (κ1) is 11.9. The van der Waals surface area contributed by atoms with Crippen LogP contribution in [0.25, 0.3) is 11.1 Å². The standard InChI is InChI=1S/C15H10ClNO2/c16-9-5-6-14-12(7-9)10-3-1-2-4-11(10)15(19-14)13(18)8-17/h1-8,15,17H. The number of rotatable bonds is 2. The van der Waals surface area contributed by atoms with Crippen LogP contribution in [0.2, 0.25) is 5.02 Å². The molecule has 1 unspecified atom stereocenters. The van der Waals surface area contributed by atoms with E-state index in [2.05, 4.69) is 0 Å². The molecule has 94 valence electrons. The fourth-order valence-electron chi connectivity index (χ4n) is 2.26. The number of nitrogens with one attached hydrogen (secondary N) is 1. The molecule has 1 N–H and O–H groups in total.